The van der Waals surface area contributed by atoms with Crippen molar-refractivity contribution >= 4 is 17.5 Å². The molecular formula is C13H15ClN4O2. The molecule has 0 atom stereocenters. The molecule has 0 aliphatic rings. The highest BCUT2D eigenvalue weighted by atomic mass is 35.5. The number of anilines is 1. The van der Waals surface area contributed by atoms with E-state index in [1.807, 2.05) is 36.2 Å². The fourth-order valence-corrected chi connectivity index (χ4v) is 1.81. The minimum atomic E-state index is 0.105. The van der Waals surface area contributed by atoms with Crippen LogP contribution in [0.2, 0.25) is 5.28 Å². The van der Waals surface area contributed by atoms with E-state index in [-0.39, 0.29) is 11.3 Å². The van der Waals surface area contributed by atoms with Crippen LogP contribution in [0.15, 0.2) is 24.3 Å². The summed E-state index contributed by atoms with van der Waals surface area (Å²) in [6.07, 6.45) is 0. The first-order chi connectivity index (χ1) is 9.62. The zero-order valence-electron chi connectivity index (χ0n) is 11.5. The van der Waals surface area contributed by atoms with Crippen LogP contribution in [0.5, 0.6) is 11.8 Å². The summed E-state index contributed by atoms with van der Waals surface area (Å²) in [7, 11) is 4.99. The van der Waals surface area contributed by atoms with Crippen LogP contribution < -0.4 is 14.4 Å². The van der Waals surface area contributed by atoms with Crippen LogP contribution in [0.1, 0.15) is 5.56 Å². The highest BCUT2D eigenvalue weighted by Gasteiger charge is 2.10. The third-order valence-electron chi connectivity index (χ3n) is 2.68. The Morgan fingerprint density at radius 3 is 2.35 bits per heavy atom. The van der Waals surface area contributed by atoms with Gasteiger partial charge < -0.3 is 14.4 Å². The molecule has 20 heavy (non-hydrogen) atoms. The summed E-state index contributed by atoms with van der Waals surface area (Å²) in [5.41, 5.74) is 1.10. The van der Waals surface area contributed by atoms with E-state index in [0.29, 0.717) is 12.5 Å². The standard InChI is InChI=1S/C13H15ClN4O2/c1-18(8-9-4-6-10(19-2)7-5-9)12-15-11(14)16-13(17-12)20-3/h4-7H,8H2,1-3H3. The van der Waals surface area contributed by atoms with Gasteiger partial charge in [0.2, 0.25) is 11.2 Å². The van der Waals surface area contributed by atoms with Gasteiger partial charge in [0.1, 0.15) is 5.75 Å². The first kappa shape index (κ1) is 14.3. The van der Waals surface area contributed by atoms with Gasteiger partial charge in [-0.2, -0.15) is 15.0 Å². The average Bonchev–Trinajstić information content (AvgIpc) is 2.47. The fourth-order valence-electron chi connectivity index (χ4n) is 1.66. The van der Waals surface area contributed by atoms with E-state index in [2.05, 4.69) is 15.0 Å². The van der Waals surface area contributed by atoms with Gasteiger partial charge in [-0.15, -0.1) is 0 Å². The molecule has 0 fully saturated rings. The quantitative estimate of drug-likeness (QED) is 0.842. The maximum atomic E-state index is 5.83. The van der Waals surface area contributed by atoms with Crippen molar-refractivity contribution < 1.29 is 9.47 Å². The topological polar surface area (TPSA) is 60.4 Å². The van der Waals surface area contributed by atoms with Crippen molar-refractivity contribution in [2.45, 2.75) is 6.54 Å². The number of methoxy groups -OCH3 is 2. The Bertz CT molecular complexity index is 577. The van der Waals surface area contributed by atoms with Crippen LogP contribution in [0.3, 0.4) is 0 Å². The van der Waals surface area contributed by atoms with Crippen molar-refractivity contribution in [2.24, 2.45) is 0 Å². The second-order valence-corrected chi connectivity index (χ2v) is 4.43. The molecule has 0 unspecified atom stereocenters. The van der Waals surface area contributed by atoms with E-state index in [0.717, 1.165) is 11.3 Å². The second-order valence-electron chi connectivity index (χ2n) is 4.10. The monoisotopic (exact) mass is 294 g/mol. The van der Waals surface area contributed by atoms with Gasteiger partial charge in [-0.05, 0) is 29.3 Å². The molecule has 0 saturated carbocycles. The van der Waals surface area contributed by atoms with Crippen LogP contribution >= 0.6 is 11.6 Å². The summed E-state index contributed by atoms with van der Waals surface area (Å²) in [5, 5.41) is 0.105. The van der Waals surface area contributed by atoms with E-state index in [4.69, 9.17) is 21.1 Å². The Morgan fingerprint density at radius 1 is 1.05 bits per heavy atom. The second kappa shape index (κ2) is 6.38. The number of hydrogen-bond donors (Lipinski definition) is 0. The summed E-state index contributed by atoms with van der Waals surface area (Å²) in [4.78, 5) is 13.9. The Hall–Kier alpha value is -2.08. The van der Waals surface area contributed by atoms with E-state index in [9.17, 15) is 0 Å². The molecule has 0 aliphatic carbocycles. The summed E-state index contributed by atoms with van der Waals surface area (Å²) < 4.78 is 10.1. The van der Waals surface area contributed by atoms with Crippen molar-refractivity contribution in [3.8, 4) is 11.8 Å². The summed E-state index contributed by atoms with van der Waals surface area (Å²) >= 11 is 5.83. The highest BCUT2D eigenvalue weighted by molar-refractivity contribution is 6.28. The predicted molar refractivity (Wildman–Crippen MR) is 76.5 cm³/mol. The number of hydrogen-bond acceptors (Lipinski definition) is 6. The Morgan fingerprint density at radius 2 is 1.75 bits per heavy atom. The molecule has 7 heteroatoms. The molecule has 2 aromatic rings. The van der Waals surface area contributed by atoms with Gasteiger partial charge in [-0.3, -0.25) is 0 Å². The van der Waals surface area contributed by atoms with Gasteiger partial charge in [0, 0.05) is 13.6 Å². The largest absolute Gasteiger partial charge is 0.497 e. The van der Waals surface area contributed by atoms with Gasteiger partial charge in [0.15, 0.2) is 0 Å². The molecule has 106 valence electrons. The molecular weight excluding hydrogens is 280 g/mol. The van der Waals surface area contributed by atoms with Crippen LogP contribution in [-0.2, 0) is 6.54 Å². The number of halogens is 1. The van der Waals surface area contributed by atoms with Crippen molar-refractivity contribution in [1.29, 1.82) is 0 Å². The third-order valence-corrected chi connectivity index (χ3v) is 2.85. The minimum Gasteiger partial charge on any atom is -0.497 e. The summed E-state index contributed by atoms with van der Waals surface area (Å²) in [6.45, 7) is 0.632. The number of ether oxygens (including phenoxy) is 2. The van der Waals surface area contributed by atoms with Crippen LogP contribution in [-0.4, -0.2) is 36.2 Å². The summed E-state index contributed by atoms with van der Waals surface area (Å²) in [6, 6.07) is 7.97. The zero-order chi connectivity index (χ0) is 14.5. The van der Waals surface area contributed by atoms with Crippen molar-refractivity contribution in [2.75, 3.05) is 26.2 Å². The number of aromatic nitrogens is 3. The molecule has 1 aromatic heterocycles. The molecule has 0 bridgehead atoms. The molecule has 0 saturated heterocycles. The highest BCUT2D eigenvalue weighted by Crippen LogP contribution is 2.17. The van der Waals surface area contributed by atoms with Gasteiger partial charge in [-0.25, -0.2) is 0 Å². The molecule has 6 nitrogen and oxygen atoms in total. The number of rotatable bonds is 5. The molecule has 1 aromatic carbocycles. The minimum absolute atomic E-state index is 0.105. The van der Waals surface area contributed by atoms with Crippen LogP contribution in [0.25, 0.3) is 0 Å². The van der Waals surface area contributed by atoms with Gasteiger partial charge in [0.25, 0.3) is 0 Å². The number of nitrogens with zero attached hydrogens (tertiary/aromatic N) is 4. The fraction of sp³-hybridized carbons (Fsp3) is 0.308. The molecule has 1 heterocycles. The van der Waals surface area contributed by atoms with Gasteiger partial charge in [0.05, 0.1) is 14.2 Å². The van der Waals surface area contributed by atoms with Gasteiger partial charge in [-0.1, -0.05) is 12.1 Å². The predicted octanol–water partition coefficient (Wildman–Crippen LogP) is 2.18. The molecule has 0 amide bonds. The number of benzene rings is 1. The lowest BCUT2D eigenvalue weighted by Crippen LogP contribution is -2.19. The SMILES string of the molecule is COc1ccc(CN(C)c2nc(Cl)nc(OC)n2)cc1. The van der Waals surface area contributed by atoms with E-state index < -0.39 is 0 Å². The molecule has 2 rings (SSSR count). The molecule has 0 aliphatic heterocycles. The normalized spacial score (nSPS) is 10.2. The lowest BCUT2D eigenvalue weighted by Gasteiger charge is -2.17. The van der Waals surface area contributed by atoms with E-state index in [1.54, 1.807) is 7.11 Å². The van der Waals surface area contributed by atoms with Crippen LogP contribution in [0.4, 0.5) is 5.95 Å². The van der Waals surface area contributed by atoms with Gasteiger partial charge >= 0.3 is 6.01 Å². The molecule has 0 spiro atoms. The smallest absolute Gasteiger partial charge is 0.322 e. The van der Waals surface area contributed by atoms with Crippen molar-refractivity contribution in [3.05, 3.63) is 35.1 Å². The van der Waals surface area contributed by atoms with Crippen molar-refractivity contribution in [3.63, 3.8) is 0 Å². The van der Waals surface area contributed by atoms with Crippen molar-refractivity contribution in [1.82, 2.24) is 15.0 Å². The Labute approximate surface area is 122 Å². The maximum absolute atomic E-state index is 5.83. The lowest BCUT2D eigenvalue weighted by molar-refractivity contribution is 0.378. The lowest BCUT2D eigenvalue weighted by atomic mass is 10.2. The van der Waals surface area contributed by atoms with E-state index in [1.165, 1.54) is 7.11 Å². The first-order valence-electron chi connectivity index (χ1n) is 5.92. The maximum Gasteiger partial charge on any atom is 0.322 e. The molecule has 0 radical (unpaired) electrons. The first-order valence-corrected chi connectivity index (χ1v) is 6.30. The Kier molecular flexibility index (Phi) is 4.57. The van der Waals surface area contributed by atoms with E-state index >= 15 is 0 Å². The zero-order valence-corrected chi connectivity index (χ0v) is 12.3. The average molecular weight is 295 g/mol. The Balaban J connectivity index is 2.14. The van der Waals surface area contributed by atoms with Crippen LogP contribution in [0, 0.1) is 0 Å². The molecule has 0 N–H and O–H groups in total. The third kappa shape index (κ3) is 3.48. The summed E-state index contributed by atoms with van der Waals surface area (Å²) in [5.74, 6) is 1.28.